The number of nitrogens with zero attached hydrogens (tertiary/aromatic N) is 2. The van der Waals surface area contributed by atoms with Crippen LogP contribution < -0.4 is 10.3 Å². The van der Waals surface area contributed by atoms with Gasteiger partial charge in [-0.1, -0.05) is 35.9 Å². The van der Waals surface area contributed by atoms with Gasteiger partial charge >= 0.3 is 0 Å². The Morgan fingerprint density at radius 3 is 2.41 bits per heavy atom. The number of halogens is 1. The Morgan fingerprint density at radius 1 is 0.963 bits per heavy atom. The van der Waals surface area contributed by atoms with Crippen LogP contribution in [0.3, 0.4) is 0 Å². The maximum absolute atomic E-state index is 12.9. The summed E-state index contributed by atoms with van der Waals surface area (Å²) >= 11 is 5.89. The minimum absolute atomic E-state index is 0.0760. The van der Waals surface area contributed by atoms with E-state index in [0.29, 0.717) is 28.4 Å². The molecule has 134 valence electrons. The Balaban J connectivity index is 1.60. The Labute approximate surface area is 161 Å². The average molecular weight is 377 g/mol. The quantitative estimate of drug-likeness (QED) is 0.507. The molecule has 0 fully saturated rings. The molecule has 1 heterocycles. The number of rotatable bonds is 4. The first-order valence-corrected chi connectivity index (χ1v) is 8.96. The van der Waals surface area contributed by atoms with Crippen molar-refractivity contribution in [3.8, 4) is 11.4 Å². The molecule has 4 nitrogen and oxygen atoms in total. The Morgan fingerprint density at radius 2 is 1.67 bits per heavy atom. The molecule has 27 heavy (non-hydrogen) atoms. The number of aryl methyl sites for hydroxylation is 1. The zero-order chi connectivity index (χ0) is 18.8. The van der Waals surface area contributed by atoms with E-state index in [1.807, 2.05) is 73.7 Å². The molecule has 0 saturated heterocycles. The van der Waals surface area contributed by atoms with Gasteiger partial charge in [0.25, 0.3) is 5.56 Å². The minimum atomic E-state index is -0.0760. The van der Waals surface area contributed by atoms with Crippen LogP contribution in [0.5, 0.6) is 5.75 Å². The van der Waals surface area contributed by atoms with Crippen LogP contribution in [0.1, 0.15) is 11.4 Å². The second-order valence-electron chi connectivity index (χ2n) is 6.23. The lowest BCUT2D eigenvalue weighted by atomic mass is 10.2. The number of para-hydroxylation sites is 1. The zero-order valence-electron chi connectivity index (χ0n) is 14.7. The molecule has 0 aliphatic carbocycles. The van der Waals surface area contributed by atoms with Crippen LogP contribution in [0.2, 0.25) is 5.02 Å². The fourth-order valence-electron chi connectivity index (χ4n) is 2.99. The third kappa shape index (κ3) is 3.57. The van der Waals surface area contributed by atoms with Crippen LogP contribution >= 0.6 is 11.6 Å². The molecule has 5 heteroatoms. The third-order valence-corrected chi connectivity index (χ3v) is 4.61. The lowest BCUT2D eigenvalue weighted by molar-refractivity contribution is 0.306. The van der Waals surface area contributed by atoms with Gasteiger partial charge in [0.2, 0.25) is 0 Å². The SMILES string of the molecule is Cc1nc2ccccc2c(=O)n1-c1ccc(OCc2ccc(Cl)cc2)cc1. The van der Waals surface area contributed by atoms with Gasteiger partial charge in [-0.15, -0.1) is 0 Å². The molecule has 0 saturated carbocycles. The minimum Gasteiger partial charge on any atom is -0.489 e. The monoisotopic (exact) mass is 376 g/mol. The molecule has 0 aliphatic heterocycles. The molecule has 0 N–H and O–H groups in total. The number of hydrogen-bond donors (Lipinski definition) is 0. The molecule has 4 aromatic rings. The number of hydrogen-bond acceptors (Lipinski definition) is 3. The summed E-state index contributed by atoms with van der Waals surface area (Å²) in [5, 5.41) is 1.30. The first-order valence-electron chi connectivity index (χ1n) is 8.58. The van der Waals surface area contributed by atoms with Crippen molar-refractivity contribution >= 4 is 22.5 Å². The summed E-state index contributed by atoms with van der Waals surface area (Å²) in [6, 6.07) is 22.3. The molecule has 4 rings (SSSR count). The van der Waals surface area contributed by atoms with Crippen LogP contribution in [0.4, 0.5) is 0 Å². The smallest absolute Gasteiger partial charge is 0.265 e. The Hall–Kier alpha value is -3.11. The van der Waals surface area contributed by atoms with Gasteiger partial charge in [0.1, 0.15) is 18.2 Å². The van der Waals surface area contributed by atoms with Gasteiger partial charge in [-0.3, -0.25) is 9.36 Å². The number of fused-ring (bicyclic) bond motifs is 1. The van der Waals surface area contributed by atoms with Gasteiger partial charge in [0.15, 0.2) is 0 Å². The molecule has 0 atom stereocenters. The van der Waals surface area contributed by atoms with E-state index in [1.54, 1.807) is 10.6 Å². The van der Waals surface area contributed by atoms with Crippen molar-refractivity contribution in [3.63, 3.8) is 0 Å². The summed E-state index contributed by atoms with van der Waals surface area (Å²) in [6.45, 7) is 2.28. The molecule has 0 radical (unpaired) electrons. The number of ether oxygens (including phenoxy) is 1. The van der Waals surface area contributed by atoms with E-state index >= 15 is 0 Å². The highest BCUT2D eigenvalue weighted by Gasteiger charge is 2.09. The van der Waals surface area contributed by atoms with Gasteiger partial charge in [-0.05, 0) is 61.0 Å². The second-order valence-corrected chi connectivity index (χ2v) is 6.66. The zero-order valence-corrected chi connectivity index (χ0v) is 15.5. The normalized spacial score (nSPS) is 10.9. The largest absolute Gasteiger partial charge is 0.489 e. The van der Waals surface area contributed by atoms with E-state index in [-0.39, 0.29) is 5.56 Å². The number of aromatic nitrogens is 2. The van der Waals surface area contributed by atoms with E-state index in [9.17, 15) is 4.79 Å². The maximum atomic E-state index is 12.9. The molecule has 0 unspecified atom stereocenters. The van der Waals surface area contributed by atoms with Gasteiger partial charge < -0.3 is 4.74 Å². The topological polar surface area (TPSA) is 44.1 Å². The van der Waals surface area contributed by atoms with Crippen molar-refractivity contribution < 1.29 is 4.74 Å². The predicted octanol–water partition coefficient (Wildman–Crippen LogP) is 4.93. The summed E-state index contributed by atoms with van der Waals surface area (Å²) in [5.74, 6) is 1.38. The standard InChI is InChI=1S/C22H17ClN2O2/c1-15-24-21-5-3-2-4-20(21)22(26)25(15)18-10-12-19(13-11-18)27-14-16-6-8-17(23)9-7-16/h2-13H,14H2,1H3. The molecule has 1 aromatic heterocycles. The van der Waals surface area contributed by atoms with Gasteiger partial charge in [0.05, 0.1) is 16.6 Å². The van der Waals surface area contributed by atoms with Gasteiger partial charge in [-0.2, -0.15) is 0 Å². The van der Waals surface area contributed by atoms with E-state index in [0.717, 1.165) is 17.0 Å². The van der Waals surface area contributed by atoms with Crippen molar-refractivity contribution in [1.29, 1.82) is 0 Å². The summed E-state index contributed by atoms with van der Waals surface area (Å²) in [7, 11) is 0. The Kier molecular flexibility index (Phi) is 4.65. The Bertz CT molecular complexity index is 1150. The van der Waals surface area contributed by atoms with Crippen molar-refractivity contribution in [2.24, 2.45) is 0 Å². The van der Waals surface area contributed by atoms with Crippen molar-refractivity contribution in [2.75, 3.05) is 0 Å². The molecule has 0 amide bonds. The van der Waals surface area contributed by atoms with Crippen LogP contribution in [0.25, 0.3) is 16.6 Å². The lowest BCUT2D eigenvalue weighted by Crippen LogP contribution is -2.22. The summed E-state index contributed by atoms with van der Waals surface area (Å²) in [4.78, 5) is 17.4. The molecular formula is C22H17ClN2O2. The fourth-order valence-corrected chi connectivity index (χ4v) is 3.11. The highest BCUT2D eigenvalue weighted by atomic mass is 35.5. The second kappa shape index (κ2) is 7.25. The number of benzene rings is 3. The van der Waals surface area contributed by atoms with Crippen LogP contribution in [-0.2, 0) is 6.61 Å². The molecular weight excluding hydrogens is 360 g/mol. The van der Waals surface area contributed by atoms with Crippen molar-refractivity contribution in [2.45, 2.75) is 13.5 Å². The van der Waals surface area contributed by atoms with Crippen LogP contribution in [0.15, 0.2) is 77.6 Å². The van der Waals surface area contributed by atoms with E-state index in [2.05, 4.69) is 4.98 Å². The van der Waals surface area contributed by atoms with Crippen molar-refractivity contribution in [1.82, 2.24) is 9.55 Å². The summed E-state index contributed by atoms with van der Waals surface area (Å²) < 4.78 is 7.42. The van der Waals surface area contributed by atoms with Crippen molar-refractivity contribution in [3.05, 3.63) is 99.6 Å². The molecule has 0 spiro atoms. The van der Waals surface area contributed by atoms with E-state index in [1.165, 1.54) is 0 Å². The average Bonchev–Trinajstić information content (AvgIpc) is 2.68. The maximum Gasteiger partial charge on any atom is 0.265 e. The summed E-state index contributed by atoms with van der Waals surface area (Å²) in [6.07, 6.45) is 0. The van der Waals surface area contributed by atoms with E-state index in [4.69, 9.17) is 16.3 Å². The third-order valence-electron chi connectivity index (χ3n) is 4.36. The van der Waals surface area contributed by atoms with E-state index < -0.39 is 0 Å². The lowest BCUT2D eigenvalue weighted by Gasteiger charge is -2.12. The highest BCUT2D eigenvalue weighted by molar-refractivity contribution is 6.30. The molecule has 3 aromatic carbocycles. The molecule has 0 bridgehead atoms. The van der Waals surface area contributed by atoms with Gasteiger partial charge in [0, 0.05) is 5.02 Å². The first kappa shape index (κ1) is 17.3. The first-order chi connectivity index (χ1) is 13.1. The van der Waals surface area contributed by atoms with Crippen LogP contribution in [-0.4, -0.2) is 9.55 Å². The van der Waals surface area contributed by atoms with Crippen LogP contribution in [0, 0.1) is 6.92 Å². The molecule has 0 aliphatic rings. The summed E-state index contributed by atoms with van der Waals surface area (Å²) in [5.41, 5.74) is 2.43. The highest BCUT2D eigenvalue weighted by Crippen LogP contribution is 2.18. The fraction of sp³-hybridized carbons (Fsp3) is 0.0909. The predicted molar refractivity (Wildman–Crippen MR) is 108 cm³/mol. The van der Waals surface area contributed by atoms with Gasteiger partial charge in [-0.25, -0.2) is 4.98 Å².